The summed E-state index contributed by atoms with van der Waals surface area (Å²) in [5, 5.41) is 4.43. The molecule has 0 amide bonds. The lowest BCUT2D eigenvalue weighted by Crippen LogP contribution is -2.15. The Morgan fingerprint density at radius 1 is 1.21 bits per heavy atom. The van der Waals surface area contributed by atoms with Crippen LogP contribution in [0.15, 0.2) is 47.4 Å². The predicted molar refractivity (Wildman–Crippen MR) is 94.7 cm³/mol. The van der Waals surface area contributed by atoms with Gasteiger partial charge in [0.2, 0.25) is 16.8 Å². The molecule has 0 aliphatic carbocycles. The molecule has 0 aliphatic rings. The third-order valence-electron chi connectivity index (χ3n) is 3.34. The first kappa shape index (κ1) is 16.6. The first-order chi connectivity index (χ1) is 11.5. The van der Waals surface area contributed by atoms with Gasteiger partial charge in [-0.05, 0) is 29.8 Å². The zero-order valence-electron chi connectivity index (χ0n) is 12.2. The molecule has 0 fully saturated rings. The quantitative estimate of drug-likeness (QED) is 0.520. The van der Waals surface area contributed by atoms with Crippen molar-refractivity contribution >= 4 is 45.3 Å². The highest BCUT2D eigenvalue weighted by Gasteiger charge is 2.07. The Balaban J connectivity index is 1.89. The summed E-state index contributed by atoms with van der Waals surface area (Å²) in [5.74, 6) is 0. The lowest BCUT2D eigenvalue weighted by Gasteiger charge is -2.12. The van der Waals surface area contributed by atoms with Crippen molar-refractivity contribution in [2.75, 3.05) is 5.32 Å². The number of nitrogens with zero attached hydrogens (tertiary/aromatic N) is 1. The van der Waals surface area contributed by atoms with Gasteiger partial charge in [-0.25, -0.2) is 13.9 Å². The second kappa shape index (κ2) is 7.10. The van der Waals surface area contributed by atoms with Gasteiger partial charge in [-0.2, -0.15) is 0 Å². The molecule has 0 spiro atoms. The Morgan fingerprint density at radius 2 is 2.04 bits per heavy atom. The molecule has 3 rings (SSSR count). The second-order valence-corrected chi connectivity index (χ2v) is 6.15. The molecule has 9 heteroatoms. The van der Waals surface area contributed by atoms with E-state index in [0.717, 1.165) is 16.6 Å². The molecule has 1 aromatic carbocycles. The molecule has 1 unspecified atom stereocenters. The highest BCUT2D eigenvalue weighted by atomic mass is 35.5. The van der Waals surface area contributed by atoms with E-state index in [-0.39, 0.29) is 12.1 Å². The van der Waals surface area contributed by atoms with Gasteiger partial charge in [-0.3, -0.25) is 9.35 Å². The van der Waals surface area contributed by atoms with Gasteiger partial charge in [-0.15, -0.1) is 0 Å². The molecular weight excluding hydrogens is 352 g/mol. The number of hydrogen-bond acceptors (Lipinski definition) is 4. The molecular formula is C15H13ClN4O3S. The number of hydrogen-bond donors (Lipinski definition) is 4. The molecule has 1 atom stereocenters. The van der Waals surface area contributed by atoms with Crippen LogP contribution < -0.4 is 15.6 Å². The largest absolute Gasteiger partial charge is 0.354 e. The smallest absolute Gasteiger partial charge is 0.249 e. The second-order valence-electron chi connectivity index (χ2n) is 4.95. The highest BCUT2D eigenvalue weighted by molar-refractivity contribution is 7.77. The SMILES string of the molecule is O=c1ccc2c(Nc3ccc(CNS(=O)O)cc3Cl)ccnc2[nH]1. The molecule has 0 aliphatic heterocycles. The van der Waals surface area contributed by atoms with Crippen LogP contribution >= 0.6 is 11.6 Å². The molecule has 0 saturated carbocycles. The summed E-state index contributed by atoms with van der Waals surface area (Å²) in [6.07, 6.45) is 1.59. The van der Waals surface area contributed by atoms with Gasteiger partial charge in [0, 0.05) is 24.2 Å². The van der Waals surface area contributed by atoms with Crippen molar-refractivity contribution < 1.29 is 8.76 Å². The van der Waals surface area contributed by atoms with E-state index in [0.29, 0.717) is 16.4 Å². The van der Waals surface area contributed by atoms with E-state index in [1.165, 1.54) is 6.07 Å². The lowest BCUT2D eigenvalue weighted by molar-refractivity contribution is 0.548. The zero-order chi connectivity index (χ0) is 17.1. The maximum atomic E-state index is 11.4. The Kier molecular flexibility index (Phi) is 4.91. The third kappa shape index (κ3) is 3.80. The fraction of sp³-hybridized carbons (Fsp3) is 0.0667. The maximum absolute atomic E-state index is 11.4. The van der Waals surface area contributed by atoms with Crippen molar-refractivity contribution in [3.05, 3.63) is 63.5 Å². The molecule has 3 aromatic rings. The fourth-order valence-corrected chi connectivity index (χ4v) is 2.77. The average Bonchev–Trinajstić information content (AvgIpc) is 2.55. The average molecular weight is 365 g/mol. The Hall–Kier alpha value is -2.26. The number of benzene rings is 1. The zero-order valence-corrected chi connectivity index (χ0v) is 13.8. The minimum Gasteiger partial charge on any atom is -0.354 e. The molecule has 2 heterocycles. The van der Waals surface area contributed by atoms with Crippen LogP contribution in [0.4, 0.5) is 11.4 Å². The summed E-state index contributed by atoms with van der Waals surface area (Å²) in [5.41, 5.74) is 2.46. The topological polar surface area (TPSA) is 107 Å². The molecule has 7 nitrogen and oxygen atoms in total. The van der Waals surface area contributed by atoms with Crippen molar-refractivity contribution in [1.82, 2.24) is 14.7 Å². The lowest BCUT2D eigenvalue weighted by atomic mass is 10.2. The number of aromatic amines is 1. The number of halogens is 1. The summed E-state index contributed by atoms with van der Waals surface area (Å²) in [4.78, 5) is 18.2. The summed E-state index contributed by atoms with van der Waals surface area (Å²) in [6.45, 7) is 0.225. The van der Waals surface area contributed by atoms with E-state index in [4.69, 9.17) is 16.2 Å². The monoisotopic (exact) mass is 364 g/mol. The fourth-order valence-electron chi connectivity index (χ4n) is 2.23. The number of pyridine rings is 2. The number of H-pyrrole nitrogens is 1. The normalized spacial score (nSPS) is 12.2. The molecule has 0 saturated heterocycles. The van der Waals surface area contributed by atoms with Crippen LogP contribution in [0.3, 0.4) is 0 Å². The summed E-state index contributed by atoms with van der Waals surface area (Å²) in [7, 11) is 0. The minimum absolute atomic E-state index is 0.219. The van der Waals surface area contributed by atoms with Crippen molar-refractivity contribution in [1.29, 1.82) is 0 Å². The molecule has 0 radical (unpaired) electrons. The highest BCUT2D eigenvalue weighted by Crippen LogP contribution is 2.29. The van der Waals surface area contributed by atoms with Gasteiger partial charge >= 0.3 is 0 Å². The third-order valence-corrected chi connectivity index (χ3v) is 4.04. The van der Waals surface area contributed by atoms with E-state index in [2.05, 4.69) is 20.0 Å². The summed E-state index contributed by atoms with van der Waals surface area (Å²) >= 11 is 4.20. The van der Waals surface area contributed by atoms with Crippen LogP contribution in [-0.2, 0) is 17.8 Å². The molecule has 4 N–H and O–H groups in total. The summed E-state index contributed by atoms with van der Waals surface area (Å²) in [6, 6.07) is 10.2. The van der Waals surface area contributed by atoms with Gasteiger partial charge < -0.3 is 10.3 Å². The van der Waals surface area contributed by atoms with Crippen LogP contribution in [-0.4, -0.2) is 18.7 Å². The number of anilines is 2. The van der Waals surface area contributed by atoms with Gasteiger partial charge in [0.05, 0.1) is 16.4 Å². The first-order valence-electron chi connectivity index (χ1n) is 6.91. The Bertz CT molecular complexity index is 976. The minimum atomic E-state index is -2.07. The van der Waals surface area contributed by atoms with Crippen molar-refractivity contribution in [3.63, 3.8) is 0 Å². The van der Waals surface area contributed by atoms with E-state index < -0.39 is 11.3 Å². The molecule has 0 bridgehead atoms. The van der Waals surface area contributed by atoms with Gasteiger partial charge in [0.15, 0.2) is 0 Å². The predicted octanol–water partition coefficient (Wildman–Crippen LogP) is 2.55. The standard InChI is InChI=1S/C15H13ClN4O3S/c16-11-7-9(8-18-24(22)23)1-3-13(11)19-12-5-6-17-15-10(12)2-4-14(21)20-15/h1-7,18H,8H2,(H,22,23)(H2,17,19,20,21). The van der Waals surface area contributed by atoms with Gasteiger partial charge in [-0.1, -0.05) is 17.7 Å². The Labute approximate surface area is 144 Å². The van der Waals surface area contributed by atoms with Crippen LogP contribution in [0, 0.1) is 0 Å². The van der Waals surface area contributed by atoms with Crippen molar-refractivity contribution in [2.24, 2.45) is 0 Å². The molecule has 124 valence electrons. The van der Waals surface area contributed by atoms with Crippen LogP contribution in [0.1, 0.15) is 5.56 Å². The van der Waals surface area contributed by atoms with Gasteiger partial charge in [0.25, 0.3) is 0 Å². The van der Waals surface area contributed by atoms with E-state index >= 15 is 0 Å². The molecule has 24 heavy (non-hydrogen) atoms. The van der Waals surface area contributed by atoms with Crippen molar-refractivity contribution in [2.45, 2.75) is 6.54 Å². The first-order valence-corrected chi connectivity index (χ1v) is 8.39. The maximum Gasteiger partial charge on any atom is 0.249 e. The van der Waals surface area contributed by atoms with Crippen molar-refractivity contribution in [3.8, 4) is 0 Å². The van der Waals surface area contributed by atoms with Crippen LogP contribution in [0.2, 0.25) is 5.02 Å². The number of aromatic nitrogens is 2. The van der Waals surface area contributed by atoms with Gasteiger partial charge in [0.1, 0.15) is 5.65 Å². The van der Waals surface area contributed by atoms with E-state index in [9.17, 15) is 9.00 Å². The summed E-state index contributed by atoms with van der Waals surface area (Å²) < 4.78 is 21.8. The number of fused-ring (bicyclic) bond motifs is 1. The van der Waals surface area contributed by atoms with E-state index in [1.807, 2.05) is 0 Å². The number of rotatable bonds is 5. The van der Waals surface area contributed by atoms with Crippen LogP contribution in [0.5, 0.6) is 0 Å². The number of nitrogens with one attached hydrogen (secondary N) is 3. The van der Waals surface area contributed by atoms with E-state index in [1.54, 1.807) is 36.5 Å². The molecule has 2 aromatic heterocycles. The van der Waals surface area contributed by atoms with Crippen LogP contribution in [0.25, 0.3) is 11.0 Å². The Morgan fingerprint density at radius 3 is 2.79 bits per heavy atom.